The third-order valence-electron chi connectivity index (χ3n) is 3.73. The summed E-state index contributed by atoms with van der Waals surface area (Å²) in [5.74, 6) is 1.04. The van der Waals surface area contributed by atoms with Crippen molar-refractivity contribution in [1.82, 2.24) is 4.90 Å². The molecule has 0 spiro atoms. The first-order valence-electron chi connectivity index (χ1n) is 6.94. The minimum atomic E-state index is 0.507. The lowest BCUT2D eigenvalue weighted by atomic mass is 10.1. The van der Waals surface area contributed by atoms with Gasteiger partial charge < -0.3 is 9.73 Å². The molecule has 1 atom stereocenters. The van der Waals surface area contributed by atoms with Gasteiger partial charge in [-0.05, 0) is 36.7 Å². The van der Waals surface area contributed by atoms with Crippen molar-refractivity contribution in [3.8, 4) is 0 Å². The van der Waals surface area contributed by atoms with Crippen molar-refractivity contribution in [2.75, 3.05) is 18.4 Å². The molecule has 2 heterocycles. The molecular formula is C16H20N2O. The molecular weight excluding hydrogens is 236 g/mol. The number of likely N-dealkylation sites (N-methyl/N-ethyl adjacent to an activating group) is 1. The molecule has 0 saturated carbocycles. The molecule has 0 radical (unpaired) electrons. The molecule has 1 N–H and O–H groups in total. The maximum absolute atomic E-state index is 5.43. The van der Waals surface area contributed by atoms with Gasteiger partial charge in [-0.1, -0.05) is 25.1 Å². The van der Waals surface area contributed by atoms with Gasteiger partial charge in [0.1, 0.15) is 5.76 Å². The van der Waals surface area contributed by atoms with Crippen LogP contribution in [0, 0.1) is 0 Å². The molecule has 1 aliphatic rings. The topological polar surface area (TPSA) is 28.4 Å². The second-order valence-corrected chi connectivity index (χ2v) is 5.11. The largest absolute Gasteiger partial charge is 0.468 e. The Morgan fingerprint density at radius 1 is 1.26 bits per heavy atom. The fourth-order valence-electron chi connectivity index (χ4n) is 2.73. The number of fused-ring (bicyclic) bond motifs is 1. The Bertz CT molecular complexity index is 494. The van der Waals surface area contributed by atoms with Crippen LogP contribution in [-0.2, 0) is 13.0 Å². The van der Waals surface area contributed by atoms with Crippen molar-refractivity contribution < 1.29 is 4.42 Å². The van der Waals surface area contributed by atoms with Gasteiger partial charge in [0.2, 0.25) is 0 Å². The van der Waals surface area contributed by atoms with E-state index in [9.17, 15) is 0 Å². The molecule has 0 bridgehead atoms. The van der Waals surface area contributed by atoms with E-state index in [0.29, 0.717) is 6.04 Å². The van der Waals surface area contributed by atoms with Crippen LogP contribution in [-0.4, -0.2) is 24.0 Å². The van der Waals surface area contributed by atoms with E-state index in [1.54, 1.807) is 6.26 Å². The zero-order valence-electron chi connectivity index (χ0n) is 11.3. The van der Waals surface area contributed by atoms with Gasteiger partial charge in [-0.3, -0.25) is 4.90 Å². The van der Waals surface area contributed by atoms with Crippen LogP contribution in [0.15, 0.2) is 47.1 Å². The molecule has 3 nitrogen and oxygen atoms in total. The van der Waals surface area contributed by atoms with Crippen LogP contribution < -0.4 is 5.32 Å². The van der Waals surface area contributed by atoms with Crippen LogP contribution in [0.5, 0.6) is 0 Å². The Morgan fingerprint density at radius 2 is 2.16 bits per heavy atom. The molecule has 0 amide bonds. The molecule has 0 saturated heterocycles. The predicted octanol–water partition coefficient (Wildman–Crippen LogP) is 3.14. The molecule has 3 heteroatoms. The Kier molecular flexibility index (Phi) is 3.56. The van der Waals surface area contributed by atoms with Crippen LogP contribution >= 0.6 is 0 Å². The molecule has 0 fully saturated rings. The summed E-state index contributed by atoms with van der Waals surface area (Å²) in [4.78, 5) is 2.42. The fraction of sp³-hybridized carbons (Fsp3) is 0.375. The zero-order valence-corrected chi connectivity index (χ0v) is 11.3. The highest BCUT2D eigenvalue weighted by Crippen LogP contribution is 2.25. The Balaban J connectivity index is 1.59. The lowest BCUT2D eigenvalue weighted by Crippen LogP contribution is -2.35. The molecule has 1 aromatic heterocycles. The minimum absolute atomic E-state index is 0.507. The van der Waals surface area contributed by atoms with Gasteiger partial charge in [-0.25, -0.2) is 0 Å². The molecule has 1 aliphatic heterocycles. The van der Waals surface area contributed by atoms with Gasteiger partial charge in [0, 0.05) is 18.3 Å². The number of rotatable bonds is 5. The summed E-state index contributed by atoms with van der Waals surface area (Å²) in [7, 11) is 0. The zero-order chi connectivity index (χ0) is 13.1. The van der Waals surface area contributed by atoms with E-state index in [-0.39, 0.29) is 0 Å². The third kappa shape index (κ3) is 2.82. The first-order valence-corrected chi connectivity index (χ1v) is 6.94. The van der Waals surface area contributed by atoms with Crippen molar-refractivity contribution in [2.45, 2.75) is 25.9 Å². The van der Waals surface area contributed by atoms with E-state index in [1.807, 2.05) is 12.1 Å². The Labute approximate surface area is 114 Å². The van der Waals surface area contributed by atoms with Crippen molar-refractivity contribution in [1.29, 1.82) is 0 Å². The van der Waals surface area contributed by atoms with Crippen molar-refractivity contribution in [2.24, 2.45) is 0 Å². The summed E-state index contributed by atoms with van der Waals surface area (Å²) >= 11 is 0. The number of hydrogen-bond acceptors (Lipinski definition) is 3. The van der Waals surface area contributed by atoms with Gasteiger partial charge in [0.15, 0.2) is 0 Å². The fourth-order valence-corrected chi connectivity index (χ4v) is 2.73. The van der Waals surface area contributed by atoms with E-state index < -0.39 is 0 Å². The molecule has 3 rings (SSSR count). The number of nitrogens with one attached hydrogen (secondary N) is 1. The van der Waals surface area contributed by atoms with Crippen LogP contribution in [0.4, 0.5) is 5.69 Å². The maximum atomic E-state index is 5.43. The number of nitrogens with zero attached hydrogens (tertiary/aromatic N) is 1. The summed E-state index contributed by atoms with van der Waals surface area (Å²) < 4.78 is 5.43. The highest BCUT2D eigenvalue weighted by atomic mass is 16.3. The first kappa shape index (κ1) is 12.3. The summed E-state index contributed by atoms with van der Waals surface area (Å²) in [6.45, 7) is 5.17. The monoisotopic (exact) mass is 256 g/mol. The standard InChI is InChI=1S/C16H20N2O/c1-2-18(12-15-7-5-9-19-15)11-14-10-13-6-3-4-8-16(13)17-14/h3-9,14,17H,2,10-12H2,1H3. The molecule has 100 valence electrons. The first-order chi connectivity index (χ1) is 9.35. The van der Waals surface area contributed by atoms with Crippen molar-refractivity contribution in [3.63, 3.8) is 0 Å². The molecule has 2 aromatic rings. The normalized spacial score (nSPS) is 17.5. The van der Waals surface area contributed by atoms with Crippen LogP contribution in [0.3, 0.4) is 0 Å². The quantitative estimate of drug-likeness (QED) is 0.891. The van der Waals surface area contributed by atoms with E-state index in [2.05, 4.69) is 41.4 Å². The lowest BCUT2D eigenvalue weighted by Gasteiger charge is -2.23. The highest BCUT2D eigenvalue weighted by molar-refractivity contribution is 5.56. The van der Waals surface area contributed by atoms with Gasteiger partial charge in [0.25, 0.3) is 0 Å². The smallest absolute Gasteiger partial charge is 0.117 e. The van der Waals surface area contributed by atoms with Crippen molar-refractivity contribution >= 4 is 5.69 Å². The second kappa shape index (κ2) is 5.49. The molecule has 0 aliphatic carbocycles. The summed E-state index contributed by atoms with van der Waals surface area (Å²) in [5.41, 5.74) is 2.73. The van der Waals surface area contributed by atoms with Gasteiger partial charge in [-0.2, -0.15) is 0 Å². The molecule has 1 aromatic carbocycles. The van der Waals surface area contributed by atoms with Gasteiger partial charge in [-0.15, -0.1) is 0 Å². The van der Waals surface area contributed by atoms with E-state index >= 15 is 0 Å². The summed E-state index contributed by atoms with van der Waals surface area (Å²) in [5, 5.41) is 3.61. The highest BCUT2D eigenvalue weighted by Gasteiger charge is 2.22. The average molecular weight is 256 g/mol. The number of benzene rings is 1. The minimum Gasteiger partial charge on any atom is -0.468 e. The molecule has 19 heavy (non-hydrogen) atoms. The number of hydrogen-bond donors (Lipinski definition) is 1. The van der Waals surface area contributed by atoms with Crippen LogP contribution in [0.1, 0.15) is 18.2 Å². The maximum Gasteiger partial charge on any atom is 0.117 e. The summed E-state index contributed by atoms with van der Waals surface area (Å²) in [6.07, 6.45) is 2.86. The predicted molar refractivity (Wildman–Crippen MR) is 77.2 cm³/mol. The van der Waals surface area contributed by atoms with Gasteiger partial charge in [0.05, 0.1) is 12.8 Å². The molecule has 1 unspecified atom stereocenters. The van der Waals surface area contributed by atoms with E-state index in [0.717, 1.165) is 31.8 Å². The average Bonchev–Trinajstić information content (AvgIpc) is 3.06. The van der Waals surface area contributed by atoms with Crippen molar-refractivity contribution in [3.05, 3.63) is 54.0 Å². The Hall–Kier alpha value is -1.74. The van der Waals surface area contributed by atoms with E-state index in [4.69, 9.17) is 4.42 Å². The number of para-hydroxylation sites is 1. The lowest BCUT2D eigenvalue weighted by molar-refractivity contribution is 0.246. The number of anilines is 1. The number of furan rings is 1. The third-order valence-corrected chi connectivity index (χ3v) is 3.73. The van der Waals surface area contributed by atoms with Crippen LogP contribution in [0.25, 0.3) is 0 Å². The van der Waals surface area contributed by atoms with Crippen LogP contribution in [0.2, 0.25) is 0 Å². The summed E-state index contributed by atoms with van der Waals surface area (Å²) in [6, 6.07) is 13.1. The Morgan fingerprint density at radius 3 is 2.89 bits per heavy atom. The van der Waals surface area contributed by atoms with Gasteiger partial charge >= 0.3 is 0 Å². The second-order valence-electron chi connectivity index (χ2n) is 5.11. The van der Waals surface area contributed by atoms with E-state index in [1.165, 1.54) is 11.3 Å². The SMILES string of the molecule is CCN(Cc1ccco1)CC1Cc2ccccc2N1.